The quantitative estimate of drug-likeness (QED) is 0.870. The van der Waals surface area contributed by atoms with E-state index in [0.717, 1.165) is 5.56 Å². The van der Waals surface area contributed by atoms with E-state index >= 15 is 0 Å². The average Bonchev–Trinajstić information content (AvgIpc) is 2.55. The summed E-state index contributed by atoms with van der Waals surface area (Å²) in [7, 11) is 2.81. The van der Waals surface area contributed by atoms with Crippen molar-refractivity contribution >= 4 is 11.9 Å². The molecule has 0 amide bonds. The van der Waals surface area contributed by atoms with Gasteiger partial charge in [0.15, 0.2) is 5.69 Å². The van der Waals surface area contributed by atoms with Crippen LogP contribution >= 0.6 is 0 Å². The molecule has 0 atom stereocenters. The van der Waals surface area contributed by atoms with E-state index in [4.69, 9.17) is 4.74 Å². The molecule has 0 radical (unpaired) electrons. The highest BCUT2D eigenvalue weighted by molar-refractivity contribution is 5.88. The van der Waals surface area contributed by atoms with Crippen LogP contribution in [-0.2, 0) is 13.6 Å². The molecule has 24 heavy (non-hydrogen) atoms. The van der Waals surface area contributed by atoms with Gasteiger partial charge in [-0.25, -0.2) is 9.78 Å². The van der Waals surface area contributed by atoms with Crippen molar-refractivity contribution in [3.8, 4) is 5.75 Å². The molecule has 0 spiro atoms. The zero-order valence-electron chi connectivity index (χ0n) is 14.2. The van der Waals surface area contributed by atoms with Crippen molar-refractivity contribution in [1.82, 2.24) is 9.55 Å². The fourth-order valence-electron chi connectivity index (χ4n) is 2.42. The fraction of sp³-hybridized carbons (Fsp3) is 0.353. The maximum atomic E-state index is 12.4. The SMILES string of the molecule is COc1c(C(=O)O)nc(N(Cc2ccccc2)C(C)C)n(C)c1=O. The van der Waals surface area contributed by atoms with Gasteiger partial charge in [-0.15, -0.1) is 0 Å². The highest BCUT2D eigenvalue weighted by atomic mass is 16.5. The highest BCUT2D eigenvalue weighted by Crippen LogP contribution is 2.20. The summed E-state index contributed by atoms with van der Waals surface area (Å²) in [6.07, 6.45) is 0. The van der Waals surface area contributed by atoms with Crippen molar-refractivity contribution in [2.75, 3.05) is 12.0 Å². The Balaban J connectivity index is 2.58. The molecular formula is C17H21N3O4. The van der Waals surface area contributed by atoms with Crippen LogP contribution in [0.5, 0.6) is 5.75 Å². The molecule has 2 rings (SSSR count). The second-order valence-electron chi connectivity index (χ2n) is 5.67. The Morgan fingerprint density at radius 2 is 1.96 bits per heavy atom. The van der Waals surface area contributed by atoms with Crippen LogP contribution in [0, 0.1) is 0 Å². The molecule has 1 aromatic carbocycles. The molecule has 1 heterocycles. The Bertz CT molecular complexity index is 784. The first kappa shape index (κ1) is 17.5. The van der Waals surface area contributed by atoms with Crippen molar-refractivity contribution in [2.24, 2.45) is 7.05 Å². The highest BCUT2D eigenvalue weighted by Gasteiger charge is 2.24. The Morgan fingerprint density at radius 3 is 2.46 bits per heavy atom. The number of hydrogen-bond donors (Lipinski definition) is 1. The Labute approximate surface area is 140 Å². The summed E-state index contributed by atoms with van der Waals surface area (Å²) >= 11 is 0. The number of rotatable bonds is 6. The molecule has 128 valence electrons. The van der Waals surface area contributed by atoms with Crippen molar-refractivity contribution in [1.29, 1.82) is 0 Å². The molecule has 1 N–H and O–H groups in total. The van der Waals surface area contributed by atoms with Crippen molar-refractivity contribution in [3.05, 3.63) is 51.9 Å². The lowest BCUT2D eigenvalue weighted by atomic mass is 10.2. The molecule has 7 nitrogen and oxygen atoms in total. The summed E-state index contributed by atoms with van der Waals surface area (Å²) in [6, 6.07) is 9.73. The van der Waals surface area contributed by atoms with E-state index in [2.05, 4.69) is 4.98 Å². The molecule has 0 bridgehead atoms. The van der Waals surface area contributed by atoms with Crippen LogP contribution in [0.15, 0.2) is 35.1 Å². The Hall–Kier alpha value is -2.83. The summed E-state index contributed by atoms with van der Waals surface area (Å²) in [4.78, 5) is 29.9. The molecule has 0 aliphatic rings. The monoisotopic (exact) mass is 331 g/mol. The maximum absolute atomic E-state index is 12.4. The maximum Gasteiger partial charge on any atom is 0.358 e. The first-order valence-corrected chi connectivity index (χ1v) is 7.55. The molecule has 0 unspecified atom stereocenters. The number of carboxylic acid groups (broad SMARTS) is 1. The first-order valence-electron chi connectivity index (χ1n) is 7.55. The van der Waals surface area contributed by atoms with E-state index in [0.29, 0.717) is 6.54 Å². The van der Waals surface area contributed by atoms with Crippen LogP contribution < -0.4 is 15.2 Å². The van der Waals surface area contributed by atoms with E-state index in [1.807, 2.05) is 49.1 Å². The van der Waals surface area contributed by atoms with Gasteiger partial charge < -0.3 is 14.7 Å². The summed E-state index contributed by atoms with van der Waals surface area (Å²) in [6.45, 7) is 4.42. The smallest absolute Gasteiger partial charge is 0.358 e. The molecule has 7 heteroatoms. The molecule has 0 aliphatic heterocycles. The summed E-state index contributed by atoms with van der Waals surface area (Å²) in [5.74, 6) is -1.27. The first-order chi connectivity index (χ1) is 11.4. The van der Waals surface area contributed by atoms with Crippen LogP contribution in [0.4, 0.5) is 5.95 Å². The standard InChI is InChI=1S/C17H21N3O4/c1-11(2)20(10-12-8-6-5-7-9-12)17-18-13(16(22)23)14(24-4)15(21)19(17)3/h5-9,11H,10H2,1-4H3,(H,22,23). The molecule has 0 saturated heterocycles. The number of benzene rings is 1. The minimum Gasteiger partial charge on any atom is -0.489 e. The van der Waals surface area contributed by atoms with Crippen molar-refractivity contribution < 1.29 is 14.6 Å². The lowest BCUT2D eigenvalue weighted by molar-refractivity contribution is 0.0685. The number of carbonyl (C=O) groups is 1. The van der Waals surface area contributed by atoms with Crippen LogP contribution in [-0.4, -0.2) is 33.8 Å². The number of ether oxygens (including phenoxy) is 1. The predicted octanol–water partition coefficient (Wildman–Crippen LogP) is 1.90. The number of aromatic carboxylic acids is 1. The molecule has 0 aliphatic carbocycles. The van der Waals surface area contributed by atoms with Crippen LogP contribution in [0.25, 0.3) is 0 Å². The third kappa shape index (κ3) is 3.40. The van der Waals surface area contributed by atoms with Gasteiger partial charge in [-0.2, -0.15) is 0 Å². The van der Waals surface area contributed by atoms with Gasteiger partial charge in [0.25, 0.3) is 5.56 Å². The van der Waals surface area contributed by atoms with Crippen molar-refractivity contribution in [3.63, 3.8) is 0 Å². The van der Waals surface area contributed by atoms with Crippen LogP contribution in [0.1, 0.15) is 29.9 Å². The zero-order chi connectivity index (χ0) is 17.9. The second-order valence-corrected chi connectivity index (χ2v) is 5.67. The van der Waals surface area contributed by atoms with E-state index in [1.54, 1.807) is 7.05 Å². The van der Waals surface area contributed by atoms with Gasteiger partial charge in [0.2, 0.25) is 11.7 Å². The van der Waals surface area contributed by atoms with Crippen LogP contribution in [0.3, 0.4) is 0 Å². The lowest BCUT2D eigenvalue weighted by Gasteiger charge is -2.29. The predicted molar refractivity (Wildman–Crippen MR) is 90.8 cm³/mol. The minimum absolute atomic E-state index is 0.0124. The largest absolute Gasteiger partial charge is 0.489 e. The van der Waals surface area contributed by atoms with E-state index in [1.165, 1.54) is 11.7 Å². The lowest BCUT2D eigenvalue weighted by Crippen LogP contribution is -2.37. The second kappa shape index (κ2) is 7.16. The van der Waals surface area contributed by atoms with Gasteiger partial charge in [-0.05, 0) is 19.4 Å². The van der Waals surface area contributed by atoms with Gasteiger partial charge in [0.05, 0.1) is 7.11 Å². The zero-order valence-corrected chi connectivity index (χ0v) is 14.2. The third-order valence-corrected chi connectivity index (χ3v) is 3.71. The van der Waals surface area contributed by atoms with Gasteiger partial charge in [0.1, 0.15) is 0 Å². The molecule has 2 aromatic rings. The summed E-state index contributed by atoms with van der Waals surface area (Å²) in [5.41, 5.74) is 0.126. The van der Waals surface area contributed by atoms with Crippen LogP contribution in [0.2, 0.25) is 0 Å². The minimum atomic E-state index is -1.30. The van der Waals surface area contributed by atoms with Gasteiger partial charge in [-0.1, -0.05) is 30.3 Å². The Kier molecular flexibility index (Phi) is 5.23. The Morgan fingerprint density at radius 1 is 1.33 bits per heavy atom. The number of aromatic nitrogens is 2. The topological polar surface area (TPSA) is 84.7 Å². The summed E-state index contributed by atoms with van der Waals surface area (Å²) < 4.78 is 6.25. The van der Waals surface area contributed by atoms with Gasteiger partial charge >= 0.3 is 5.97 Å². The number of hydrogen-bond acceptors (Lipinski definition) is 5. The van der Waals surface area contributed by atoms with E-state index < -0.39 is 11.5 Å². The fourth-order valence-corrected chi connectivity index (χ4v) is 2.42. The summed E-state index contributed by atoms with van der Waals surface area (Å²) in [5, 5.41) is 9.34. The van der Waals surface area contributed by atoms with Gasteiger partial charge in [0, 0.05) is 19.6 Å². The van der Waals surface area contributed by atoms with E-state index in [-0.39, 0.29) is 23.4 Å². The number of anilines is 1. The molecule has 0 saturated carbocycles. The molecular weight excluding hydrogens is 310 g/mol. The number of carboxylic acids is 1. The van der Waals surface area contributed by atoms with E-state index in [9.17, 15) is 14.7 Å². The molecule has 0 fully saturated rings. The normalized spacial score (nSPS) is 10.7. The van der Waals surface area contributed by atoms with Crippen molar-refractivity contribution in [2.45, 2.75) is 26.4 Å². The number of methoxy groups -OCH3 is 1. The molecule has 1 aromatic heterocycles. The number of nitrogens with zero attached hydrogens (tertiary/aromatic N) is 3. The third-order valence-electron chi connectivity index (χ3n) is 3.71. The van der Waals surface area contributed by atoms with Gasteiger partial charge in [-0.3, -0.25) is 9.36 Å². The average molecular weight is 331 g/mol.